The van der Waals surface area contributed by atoms with E-state index < -0.39 is 0 Å². The number of rotatable bonds is 3. The van der Waals surface area contributed by atoms with Crippen molar-refractivity contribution in [1.29, 1.82) is 0 Å². The maximum atomic E-state index is 4.80. The number of nitrogens with zero attached hydrogens (tertiary/aromatic N) is 3. The van der Waals surface area contributed by atoms with Crippen LogP contribution in [0, 0.1) is 0 Å². The molecule has 0 saturated heterocycles. The number of hydrogen-bond donors (Lipinski definition) is 1. The fraction of sp³-hybridized carbons (Fsp3) is 0.0588. The number of aryl methyl sites for hydroxylation is 1. The summed E-state index contributed by atoms with van der Waals surface area (Å²) in [6.45, 7) is 0. The highest BCUT2D eigenvalue weighted by Gasteiger charge is 2.10. The van der Waals surface area contributed by atoms with Crippen molar-refractivity contribution in [2.24, 2.45) is 7.05 Å². The Labute approximate surface area is 132 Å². The first-order chi connectivity index (χ1) is 10.8. The molecule has 108 valence electrons. The standard InChI is InChI=1S/C17H14N4S/c1-21-10-9-18-17(21)13-7-8-15-16(20-13)14(11-22-15)19-12-5-3-2-4-6-12/h2-11,19H,1H3. The van der Waals surface area contributed by atoms with Gasteiger partial charge in [-0.25, -0.2) is 9.97 Å². The molecule has 0 bridgehead atoms. The average Bonchev–Trinajstić information content (AvgIpc) is 3.15. The van der Waals surface area contributed by atoms with Crippen molar-refractivity contribution in [1.82, 2.24) is 14.5 Å². The van der Waals surface area contributed by atoms with E-state index in [2.05, 4.69) is 21.7 Å². The molecule has 1 N–H and O–H groups in total. The number of fused-ring (bicyclic) bond motifs is 1. The molecule has 0 radical (unpaired) electrons. The van der Waals surface area contributed by atoms with Crippen LogP contribution in [-0.4, -0.2) is 14.5 Å². The summed E-state index contributed by atoms with van der Waals surface area (Å²) in [7, 11) is 1.98. The fourth-order valence-electron chi connectivity index (χ4n) is 2.42. The summed E-state index contributed by atoms with van der Waals surface area (Å²) < 4.78 is 3.14. The second kappa shape index (κ2) is 5.27. The van der Waals surface area contributed by atoms with Crippen LogP contribution < -0.4 is 5.32 Å². The summed E-state index contributed by atoms with van der Waals surface area (Å²) >= 11 is 1.69. The summed E-state index contributed by atoms with van der Waals surface area (Å²) in [6, 6.07) is 14.3. The summed E-state index contributed by atoms with van der Waals surface area (Å²) in [5.41, 5.74) is 3.96. The second-order valence-electron chi connectivity index (χ2n) is 5.05. The summed E-state index contributed by atoms with van der Waals surface area (Å²) in [6.07, 6.45) is 3.72. The lowest BCUT2D eigenvalue weighted by atomic mass is 10.2. The molecule has 0 aliphatic carbocycles. The van der Waals surface area contributed by atoms with E-state index in [-0.39, 0.29) is 0 Å². The highest BCUT2D eigenvalue weighted by Crippen LogP contribution is 2.32. The van der Waals surface area contributed by atoms with Gasteiger partial charge in [0.2, 0.25) is 0 Å². The minimum absolute atomic E-state index is 0.874. The molecule has 5 heteroatoms. The maximum Gasteiger partial charge on any atom is 0.158 e. The van der Waals surface area contributed by atoms with E-state index in [0.717, 1.165) is 33.1 Å². The average molecular weight is 306 g/mol. The van der Waals surface area contributed by atoms with Gasteiger partial charge in [-0.1, -0.05) is 18.2 Å². The van der Waals surface area contributed by atoms with Gasteiger partial charge in [-0.05, 0) is 24.3 Å². The van der Waals surface area contributed by atoms with E-state index in [1.165, 1.54) is 0 Å². The Balaban J connectivity index is 1.79. The zero-order valence-electron chi connectivity index (χ0n) is 12.0. The van der Waals surface area contributed by atoms with Crippen LogP contribution in [0.1, 0.15) is 0 Å². The third-order valence-electron chi connectivity index (χ3n) is 3.52. The third-order valence-corrected chi connectivity index (χ3v) is 4.46. The monoisotopic (exact) mass is 306 g/mol. The molecule has 22 heavy (non-hydrogen) atoms. The Morgan fingerprint density at radius 2 is 1.95 bits per heavy atom. The first-order valence-electron chi connectivity index (χ1n) is 6.99. The van der Waals surface area contributed by atoms with E-state index in [9.17, 15) is 0 Å². The number of pyridine rings is 1. The lowest BCUT2D eigenvalue weighted by Gasteiger charge is -2.05. The first kappa shape index (κ1) is 13.0. The smallest absolute Gasteiger partial charge is 0.158 e. The molecule has 0 saturated carbocycles. The lowest BCUT2D eigenvalue weighted by Crippen LogP contribution is -1.95. The molecule has 0 aliphatic rings. The number of benzene rings is 1. The summed E-state index contributed by atoms with van der Waals surface area (Å²) in [5.74, 6) is 0.874. The number of thiophene rings is 1. The van der Waals surface area contributed by atoms with Crippen LogP contribution in [0.5, 0.6) is 0 Å². The highest BCUT2D eigenvalue weighted by atomic mass is 32.1. The van der Waals surface area contributed by atoms with E-state index in [1.54, 1.807) is 17.5 Å². The van der Waals surface area contributed by atoms with Crippen LogP contribution in [-0.2, 0) is 7.05 Å². The SMILES string of the molecule is Cn1ccnc1-c1ccc2scc(Nc3ccccc3)c2n1. The Hall–Kier alpha value is -2.66. The molecule has 0 fully saturated rings. The number of aromatic nitrogens is 3. The zero-order valence-corrected chi connectivity index (χ0v) is 12.8. The lowest BCUT2D eigenvalue weighted by molar-refractivity contribution is 0.919. The van der Waals surface area contributed by atoms with Crippen LogP contribution in [0.3, 0.4) is 0 Å². The fourth-order valence-corrected chi connectivity index (χ4v) is 3.24. The van der Waals surface area contributed by atoms with Gasteiger partial charge in [-0.2, -0.15) is 0 Å². The number of imidazole rings is 1. The van der Waals surface area contributed by atoms with Gasteiger partial charge in [0.15, 0.2) is 5.82 Å². The van der Waals surface area contributed by atoms with Crippen LogP contribution in [0.4, 0.5) is 11.4 Å². The Morgan fingerprint density at radius 3 is 2.73 bits per heavy atom. The quantitative estimate of drug-likeness (QED) is 0.608. The molecular weight excluding hydrogens is 292 g/mol. The van der Waals surface area contributed by atoms with Gasteiger partial charge < -0.3 is 9.88 Å². The third kappa shape index (κ3) is 2.25. The van der Waals surface area contributed by atoms with Crippen LogP contribution >= 0.6 is 11.3 Å². The molecule has 0 spiro atoms. The van der Waals surface area contributed by atoms with Gasteiger partial charge in [0, 0.05) is 30.5 Å². The Bertz CT molecular complexity index is 924. The normalized spacial score (nSPS) is 11.0. The van der Waals surface area contributed by atoms with Crippen molar-refractivity contribution in [2.75, 3.05) is 5.32 Å². The van der Waals surface area contributed by atoms with Crippen molar-refractivity contribution < 1.29 is 0 Å². The van der Waals surface area contributed by atoms with Crippen LogP contribution in [0.15, 0.2) is 60.2 Å². The van der Waals surface area contributed by atoms with Crippen molar-refractivity contribution in [2.45, 2.75) is 0 Å². The van der Waals surface area contributed by atoms with E-state index in [4.69, 9.17) is 4.98 Å². The molecule has 0 amide bonds. The van der Waals surface area contributed by atoms with Crippen LogP contribution in [0.2, 0.25) is 0 Å². The van der Waals surface area contributed by atoms with E-state index >= 15 is 0 Å². The van der Waals surface area contributed by atoms with Crippen LogP contribution in [0.25, 0.3) is 21.7 Å². The van der Waals surface area contributed by atoms with Crippen molar-refractivity contribution in [3.8, 4) is 11.5 Å². The molecule has 1 aromatic carbocycles. The number of anilines is 2. The van der Waals surface area contributed by atoms with Gasteiger partial charge in [0.05, 0.1) is 10.4 Å². The van der Waals surface area contributed by atoms with Gasteiger partial charge in [-0.3, -0.25) is 0 Å². The minimum atomic E-state index is 0.874. The van der Waals surface area contributed by atoms with Gasteiger partial charge in [-0.15, -0.1) is 11.3 Å². The molecular formula is C17H14N4S. The minimum Gasteiger partial charge on any atom is -0.353 e. The molecule has 4 nitrogen and oxygen atoms in total. The molecule has 3 aromatic heterocycles. The van der Waals surface area contributed by atoms with Gasteiger partial charge in [0.1, 0.15) is 11.2 Å². The Morgan fingerprint density at radius 1 is 1.09 bits per heavy atom. The highest BCUT2D eigenvalue weighted by molar-refractivity contribution is 7.17. The molecule has 0 unspecified atom stereocenters. The van der Waals surface area contributed by atoms with Crippen molar-refractivity contribution in [3.63, 3.8) is 0 Å². The predicted octanol–water partition coefficient (Wildman–Crippen LogP) is 4.44. The molecule has 0 atom stereocenters. The van der Waals surface area contributed by atoms with Gasteiger partial charge >= 0.3 is 0 Å². The number of para-hydroxylation sites is 1. The maximum absolute atomic E-state index is 4.80. The largest absolute Gasteiger partial charge is 0.353 e. The topological polar surface area (TPSA) is 42.7 Å². The Kier molecular flexibility index (Phi) is 3.12. The summed E-state index contributed by atoms with van der Waals surface area (Å²) in [5, 5.41) is 5.54. The molecule has 4 aromatic rings. The van der Waals surface area contributed by atoms with Gasteiger partial charge in [0.25, 0.3) is 0 Å². The first-order valence-corrected chi connectivity index (χ1v) is 7.87. The zero-order chi connectivity index (χ0) is 14.9. The van der Waals surface area contributed by atoms with Crippen molar-refractivity contribution in [3.05, 3.63) is 60.2 Å². The van der Waals surface area contributed by atoms with E-state index in [1.807, 2.05) is 54.2 Å². The summed E-state index contributed by atoms with van der Waals surface area (Å²) in [4.78, 5) is 9.17. The number of hydrogen-bond acceptors (Lipinski definition) is 4. The predicted molar refractivity (Wildman–Crippen MR) is 91.5 cm³/mol. The number of nitrogens with one attached hydrogen (secondary N) is 1. The molecule has 4 rings (SSSR count). The van der Waals surface area contributed by atoms with Crippen molar-refractivity contribution >= 4 is 32.9 Å². The molecule has 3 heterocycles. The second-order valence-corrected chi connectivity index (χ2v) is 5.96. The van der Waals surface area contributed by atoms with E-state index in [0.29, 0.717) is 0 Å². The molecule has 0 aliphatic heterocycles.